The maximum atomic E-state index is 13.0. The zero-order chi connectivity index (χ0) is 18.2. The molecule has 1 aliphatic rings. The second-order valence-corrected chi connectivity index (χ2v) is 9.56. The van der Waals surface area contributed by atoms with Crippen LogP contribution in [-0.4, -0.2) is 36.5 Å². The topological polar surface area (TPSA) is 110 Å². The van der Waals surface area contributed by atoms with Gasteiger partial charge >= 0.3 is 0 Å². The molecule has 1 atom stereocenters. The van der Waals surface area contributed by atoms with E-state index in [1.54, 1.807) is 12.1 Å². The summed E-state index contributed by atoms with van der Waals surface area (Å²) in [6.07, 6.45) is 0.613. The quantitative estimate of drug-likeness (QED) is 0.809. The van der Waals surface area contributed by atoms with Crippen LogP contribution in [0.3, 0.4) is 0 Å². The van der Waals surface area contributed by atoms with Gasteiger partial charge in [-0.1, -0.05) is 18.2 Å². The average molecular weight is 381 g/mol. The summed E-state index contributed by atoms with van der Waals surface area (Å²) in [5.41, 5.74) is 7.50. The summed E-state index contributed by atoms with van der Waals surface area (Å²) in [4.78, 5) is 0.0242. The van der Waals surface area contributed by atoms with E-state index in [0.717, 1.165) is 5.56 Å². The minimum atomic E-state index is -3.84. The largest absolute Gasteiger partial charge is 0.326 e. The van der Waals surface area contributed by atoms with Crippen LogP contribution >= 0.6 is 0 Å². The summed E-state index contributed by atoms with van der Waals surface area (Å²) < 4.78 is 53.1. The van der Waals surface area contributed by atoms with E-state index < -0.39 is 20.0 Å². The highest BCUT2D eigenvalue weighted by molar-refractivity contribution is 7.93. The first-order valence-electron chi connectivity index (χ1n) is 7.65. The number of hydrogen-bond acceptors (Lipinski definition) is 5. The lowest BCUT2D eigenvalue weighted by atomic mass is 10.0. The SMILES string of the molecule is CNS(=O)(=O)c1ccc(S(=O)(=O)N2CC(N)Cc3ccccc32)cc1. The van der Waals surface area contributed by atoms with E-state index >= 15 is 0 Å². The molecule has 134 valence electrons. The van der Waals surface area contributed by atoms with E-state index in [1.165, 1.54) is 35.6 Å². The molecule has 2 aromatic carbocycles. The van der Waals surface area contributed by atoms with Crippen LogP contribution in [-0.2, 0) is 26.5 Å². The van der Waals surface area contributed by atoms with Crippen LogP contribution in [0.5, 0.6) is 0 Å². The fourth-order valence-corrected chi connectivity index (χ4v) is 5.14. The van der Waals surface area contributed by atoms with E-state index in [4.69, 9.17) is 5.73 Å². The predicted octanol–water partition coefficient (Wildman–Crippen LogP) is 0.673. The molecule has 0 saturated heterocycles. The predicted molar refractivity (Wildman–Crippen MR) is 95.3 cm³/mol. The third kappa shape index (κ3) is 3.28. The Bertz CT molecular complexity index is 986. The van der Waals surface area contributed by atoms with Crippen LogP contribution in [0.4, 0.5) is 5.69 Å². The minimum Gasteiger partial charge on any atom is -0.326 e. The zero-order valence-electron chi connectivity index (χ0n) is 13.6. The number of rotatable bonds is 4. The average Bonchev–Trinajstić information content (AvgIpc) is 2.61. The fraction of sp³-hybridized carbons (Fsp3) is 0.250. The van der Waals surface area contributed by atoms with Gasteiger partial charge in [-0.05, 0) is 49.4 Å². The number of benzene rings is 2. The normalized spacial score (nSPS) is 18.0. The number of anilines is 1. The molecule has 0 aliphatic carbocycles. The second-order valence-electron chi connectivity index (χ2n) is 5.81. The lowest BCUT2D eigenvalue weighted by Gasteiger charge is -2.33. The zero-order valence-corrected chi connectivity index (χ0v) is 15.2. The third-order valence-electron chi connectivity index (χ3n) is 4.13. The van der Waals surface area contributed by atoms with E-state index in [0.29, 0.717) is 12.1 Å². The highest BCUT2D eigenvalue weighted by atomic mass is 32.2. The lowest BCUT2D eigenvalue weighted by Crippen LogP contribution is -2.46. The van der Waals surface area contributed by atoms with Crippen molar-refractivity contribution in [2.24, 2.45) is 5.73 Å². The summed E-state index contributed by atoms with van der Waals surface area (Å²) in [7, 11) is -6.16. The maximum Gasteiger partial charge on any atom is 0.264 e. The van der Waals surface area contributed by atoms with Crippen molar-refractivity contribution in [1.82, 2.24) is 4.72 Å². The van der Waals surface area contributed by atoms with Gasteiger partial charge in [0.25, 0.3) is 10.0 Å². The van der Waals surface area contributed by atoms with Crippen molar-refractivity contribution >= 4 is 25.7 Å². The minimum absolute atomic E-state index is 0.00435. The lowest BCUT2D eigenvalue weighted by molar-refractivity contribution is 0.574. The van der Waals surface area contributed by atoms with Gasteiger partial charge in [-0.2, -0.15) is 0 Å². The Balaban J connectivity index is 2.03. The number of nitrogens with one attached hydrogen (secondary N) is 1. The molecular formula is C16H19N3O4S2. The molecular weight excluding hydrogens is 362 g/mol. The van der Waals surface area contributed by atoms with E-state index in [9.17, 15) is 16.8 Å². The van der Waals surface area contributed by atoms with Crippen molar-refractivity contribution in [3.63, 3.8) is 0 Å². The number of nitrogens with two attached hydrogens (primary N) is 1. The Kier molecular flexibility index (Phi) is 4.58. The van der Waals surface area contributed by atoms with Crippen LogP contribution in [0.15, 0.2) is 58.3 Å². The van der Waals surface area contributed by atoms with Crippen molar-refractivity contribution in [3.8, 4) is 0 Å². The van der Waals surface area contributed by atoms with E-state index in [-0.39, 0.29) is 22.4 Å². The molecule has 0 bridgehead atoms. The number of sulfonamides is 2. The Morgan fingerprint density at radius 2 is 1.60 bits per heavy atom. The van der Waals surface area contributed by atoms with Gasteiger partial charge in [0.1, 0.15) is 0 Å². The Hall–Kier alpha value is -1.94. The van der Waals surface area contributed by atoms with Gasteiger partial charge in [-0.25, -0.2) is 21.6 Å². The molecule has 0 fully saturated rings. The Morgan fingerprint density at radius 1 is 1.00 bits per heavy atom. The molecule has 0 amide bonds. The van der Waals surface area contributed by atoms with Gasteiger partial charge < -0.3 is 5.73 Å². The summed E-state index contributed by atoms with van der Waals surface area (Å²) >= 11 is 0. The van der Waals surface area contributed by atoms with Gasteiger partial charge in [0, 0.05) is 12.6 Å². The van der Waals surface area contributed by atoms with Crippen molar-refractivity contribution in [2.45, 2.75) is 22.3 Å². The number of para-hydroxylation sites is 1. The first-order chi connectivity index (χ1) is 11.8. The van der Waals surface area contributed by atoms with Crippen LogP contribution < -0.4 is 14.8 Å². The van der Waals surface area contributed by atoms with Gasteiger partial charge in [0.15, 0.2) is 0 Å². The molecule has 2 aromatic rings. The molecule has 3 N–H and O–H groups in total. The molecule has 0 radical (unpaired) electrons. The van der Waals surface area contributed by atoms with E-state index in [1.807, 2.05) is 12.1 Å². The fourth-order valence-electron chi connectivity index (χ4n) is 2.85. The van der Waals surface area contributed by atoms with Crippen molar-refractivity contribution in [3.05, 3.63) is 54.1 Å². The Labute approximate surface area is 147 Å². The van der Waals surface area contributed by atoms with Crippen LogP contribution in [0.25, 0.3) is 0 Å². The summed E-state index contributed by atoms with van der Waals surface area (Å²) in [6.45, 7) is 0.177. The smallest absolute Gasteiger partial charge is 0.264 e. The standard InChI is InChI=1S/C16H19N3O4S2/c1-18-24(20,21)14-6-8-15(9-7-14)25(22,23)19-11-13(17)10-12-4-2-3-5-16(12)19/h2-9,13,18H,10-11,17H2,1H3. The number of hydrogen-bond donors (Lipinski definition) is 2. The second kappa shape index (κ2) is 6.41. The monoisotopic (exact) mass is 381 g/mol. The molecule has 9 heteroatoms. The number of nitrogens with zero attached hydrogens (tertiary/aromatic N) is 1. The Morgan fingerprint density at radius 3 is 2.24 bits per heavy atom. The van der Waals surface area contributed by atoms with E-state index in [2.05, 4.69) is 4.72 Å². The molecule has 0 aromatic heterocycles. The first-order valence-corrected chi connectivity index (χ1v) is 10.6. The number of fused-ring (bicyclic) bond motifs is 1. The van der Waals surface area contributed by atoms with Gasteiger partial charge in [0.2, 0.25) is 10.0 Å². The summed E-state index contributed by atoms with van der Waals surface area (Å²) in [5.74, 6) is 0. The van der Waals surface area contributed by atoms with Crippen molar-refractivity contribution in [2.75, 3.05) is 17.9 Å². The molecule has 1 unspecified atom stereocenters. The van der Waals surface area contributed by atoms with Crippen molar-refractivity contribution < 1.29 is 16.8 Å². The first kappa shape index (κ1) is 17.9. The van der Waals surface area contributed by atoms with Gasteiger partial charge in [-0.15, -0.1) is 0 Å². The van der Waals surface area contributed by atoms with Gasteiger partial charge in [0.05, 0.1) is 15.5 Å². The maximum absolute atomic E-state index is 13.0. The molecule has 25 heavy (non-hydrogen) atoms. The third-order valence-corrected chi connectivity index (χ3v) is 7.36. The van der Waals surface area contributed by atoms with Crippen LogP contribution in [0.2, 0.25) is 0 Å². The summed E-state index contributed by atoms with van der Waals surface area (Å²) in [5, 5.41) is 0. The molecule has 1 aliphatic heterocycles. The highest BCUT2D eigenvalue weighted by Crippen LogP contribution is 2.31. The van der Waals surface area contributed by atoms with Gasteiger partial charge in [-0.3, -0.25) is 4.31 Å². The molecule has 0 saturated carbocycles. The molecule has 7 nitrogen and oxygen atoms in total. The van der Waals surface area contributed by atoms with Crippen molar-refractivity contribution in [1.29, 1.82) is 0 Å². The van der Waals surface area contributed by atoms with Crippen LogP contribution in [0.1, 0.15) is 5.56 Å². The molecule has 0 spiro atoms. The molecule has 3 rings (SSSR count). The summed E-state index contributed by atoms with van der Waals surface area (Å²) in [6, 6.07) is 12.1. The van der Waals surface area contributed by atoms with Crippen LogP contribution in [0, 0.1) is 0 Å². The molecule has 1 heterocycles. The highest BCUT2D eigenvalue weighted by Gasteiger charge is 2.32.